The zero-order valence-electron chi connectivity index (χ0n) is 19.6. The number of rotatable bonds is 5. The number of benzene rings is 1. The molecule has 192 valence electrons. The van der Waals surface area contributed by atoms with Crippen LogP contribution in [0, 0.1) is 29.1 Å². The Bertz CT molecular complexity index is 711. The van der Waals surface area contributed by atoms with Crippen LogP contribution >= 0.6 is 7.92 Å². The second-order valence-electron chi connectivity index (χ2n) is 9.67. The smallest absolute Gasteiger partial charge is 0.507 e. The molecular weight excluding hydrogens is 473 g/mol. The van der Waals surface area contributed by atoms with Crippen LogP contribution in [-0.2, 0) is 0 Å². The molecule has 0 heterocycles. The number of halogens is 5. The standard InChI is InChI=1S/C18H33P.C6H2BF5O3/c1-4-10-16(11-5-1)19(17-12-6-2-7-13-17)18-14-8-3-9-15-18;8-1-2(9)4(11)6(15-7(13)14)5(12)3(1)10/h16-18H,1-15H2;13-14H. The van der Waals surface area contributed by atoms with E-state index in [4.69, 9.17) is 10.0 Å². The molecule has 1 aromatic rings. The highest BCUT2D eigenvalue weighted by Crippen LogP contribution is 2.61. The van der Waals surface area contributed by atoms with Gasteiger partial charge in [-0.3, -0.25) is 0 Å². The summed E-state index contributed by atoms with van der Waals surface area (Å²) in [6, 6.07) is 0. The summed E-state index contributed by atoms with van der Waals surface area (Å²) in [5.74, 6) is -13.1. The molecule has 3 aliphatic rings. The molecule has 0 aliphatic heterocycles. The minimum atomic E-state index is -2.70. The molecule has 3 fully saturated rings. The van der Waals surface area contributed by atoms with E-state index in [2.05, 4.69) is 4.65 Å². The summed E-state index contributed by atoms with van der Waals surface area (Å²) in [7, 11) is -2.31. The lowest BCUT2D eigenvalue weighted by Gasteiger charge is -2.44. The fraction of sp³-hybridized carbons (Fsp3) is 0.750. The van der Waals surface area contributed by atoms with Crippen LogP contribution in [0.15, 0.2) is 0 Å². The van der Waals surface area contributed by atoms with Gasteiger partial charge in [-0.15, -0.1) is 0 Å². The summed E-state index contributed by atoms with van der Waals surface area (Å²) in [5, 5.41) is 16.3. The summed E-state index contributed by atoms with van der Waals surface area (Å²) in [4.78, 5) is 0. The van der Waals surface area contributed by atoms with Crippen molar-refractivity contribution >= 4 is 15.2 Å². The Labute approximate surface area is 200 Å². The Kier molecular flexibility index (Phi) is 10.9. The van der Waals surface area contributed by atoms with Gasteiger partial charge in [-0.25, -0.2) is 13.2 Å². The van der Waals surface area contributed by atoms with Crippen molar-refractivity contribution in [3.63, 3.8) is 0 Å². The van der Waals surface area contributed by atoms with Crippen molar-refractivity contribution in [2.45, 2.75) is 113 Å². The highest BCUT2D eigenvalue weighted by atomic mass is 31.1. The van der Waals surface area contributed by atoms with Gasteiger partial charge in [-0.2, -0.15) is 8.78 Å². The Hall–Kier alpha value is -0.915. The van der Waals surface area contributed by atoms with Gasteiger partial charge in [0, 0.05) is 0 Å². The lowest BCUT2D eigenvalue weighted by atomic mass is 9.99. The lowest BCUT2D eigenvalue weighted by molar-refractivity contribution is 0.263. The van der Waals surface area contributed by atoms with E-state index < -0.39 is 42.2 Å². The van der Waals surface area contributed by atoms with Crippen molar-refractivity contribution in [1.29, 1.82) is 0 Å². The molecular formula is C24H35BF5O3P. The van der Waals surface area contributed by atoms with Gasteiger partial charge in [0.15, 0.2) is 5.75 Å². The van der Waals surface area contributed by atoms with E-state index in [-0.39, 0.29) is 0 Å². The summed E-state index contributed by atoms with van der Waals surface area (Å²) >= 11 is 0. The van der Waals surface area contributed by atoms with Gasteiger partial charge < -0.3 is 14.7 Å². The van der Waals surface area contributed by atoms with Crippen LogP contribution in [-0.4, -0.2) is 34.3 Å². The quantitative estimate of drug-likeness (QED) is 0.146. The second kappa shape index (κ2) is 13.4. The SMILES string of the molecule is C1CCC(P(C2CCCCC2)C2CCCCC2)CC1.OB(O)Oc1c(F)c(F)c(F)c(F)c1F. The molecule has 10 heteroatoms. The summed E-state index contributed by atoms with van der Waals surface area (Å²) in [6.45, 7) is 0. The van der Waals surface area contributed by atoms with E-state index in [0.717, 1.165) is 0 Å². The molecule has 3 saturated carbocycles. The summed E-state index contributed by atoms with van der Waals surface area (Å²) in [5.41, 5.74) is 3.57. The molecule has 2 N–H and O–H groups in total. The fourth-order valence-corrected chi connectivity index (χ4v) is 10.5. The van der Waals surface area contributed by atoms with Gasteiger partial charge >= 0.3 is 7.32 Å². The minimum absolute atomic E-state index is 0.385. The van der Waals surface area contributed by atoms with Crippen molar-refractivity contribution in [3.05, 3.63) is 29.1 Å². The first-order valence-electron chi connectivity index (χ1n) is 12.6. The van der Waals surface area contributed by atoms with Gasteiger partial charge in [0.2, 0.25) is 29.1 Å². The van der Waals surface area contributed by atoms with Crippen LogP contribution in [0.25, 0.3) is 0 Å². The third kappa shape index (κ3) is 7.07. The lowest BCUT2D eigenvalue weighted by Crippen LogP contribution is -2.28. The van der Waals surface area contributed by atoms with E-state index >= 15 is 0 Å². The molecule has 34 heavy (non-hydrogen) atoms. The van der Waals surface area contributed by atoms with E-state index in [0.29, 0.717) is 7.92 Å². The van der Waals surface area contributed by atoms with Gasteiger partial charge in [0.25, 0.3) is 0 Å². The van der Waals surface area contributed by atoms with Gasteiger partial charge in [0.05, 0.1) is 0 Å². The van der Waals surface area contributed by atoms with Crippen molar-refractivity contribution in [1.82, 2.24) is 0 Å². The average Bonchev–Trinajstić information content (AvgIpc) is 2.87. The Balaban J connectivity index is 0.000000197. The first-order chi connectivity index (χ1) is 16.3. The first-order valence-corrected chi connectivity index (χ1v) is 14.2. The first kappa shape index (κ1) is 27.7. The van der Waals surface area contributed by atoms with Crippen LogP contribution in [0.1, 0.15) is 96.3 Å². The fourth-order valence-electron chi connectivity index (χ4n) is 5.83. The highest BCUT2D eigenvalue weighted by molar-refractivity contribution is 7.60. The Morgan fingerprint density at radius 3 is 1.12 bits per heavy atom. The third-order valence-corrected chi connectivity index (χ3v) is 11.5. The molecule has 0 radical (unpaired) electrons. The van der Waals surface area contributed by atoms with Crippen LogP contribution in [0.3, 0.4) is 0 Å². The van der Waals surface area contributed by atoms with Gasteiger partial charge in [0.1, 0.15) is 0 Å². The summed E-state index contributed by atoms with van der Waals surface area (Å²) in [6.07, 6.45) is 23.6. The van der Waals surface area contributed by atoms with Crippen molar-refractivity contribution < 1.29 is 36.7 Å². The van der Waals surface area contributed by atoms with Crippen molar-refractivity contribution in [2.24, 2.45) is 0 Å². The molecule has 0 saturated heterocycles. The minimum Gasteiger partial charge on any atom is -0.507 e. The maximum absolute atomic E-state index is 12.7. The molecule has 0 amide bonds. The third-order valence-electron chi connectivity index (χ3n) is 7.38. The van der Waals surface area contributed by atoms with Crippen LogP contribution in [0.4, 0.5) is 22.0 Å². The van der Waals surface area contributed by atoms with E-state index in [1.165, 1.54) is 36.2 Å². The van der Waals surface area contributed by atoms with Crippen molar-refractivity contribution in [3.8, 4) is 5.75 Å². The van der Waals surface area contributed by atoms with Crippen LogP contribution < -0.4 is 4.65 Å². The topological polar surface area (TPSA) is 49.7 Å². The van der Waals surface area contributed by atoms with Gasteiger partial charge in [-0.05, 0) is 55.5 Å². The van der Waals surface area contributed by atoms with E-state index in [1.54, 1.807) is 77.0 Å². The normalized spacial score (nSPS) is 20.7. The molecule has 3 nitrogen and oxygen atoms in total. The van der Waals surface area contributed by atoms with Crippen LogP contribution in [0.5, 0.6) is 5.75 Å². The molecule has 3 aliphatic carbocycles. The largest absolute Gasteiger partial charge is 0.707 e. The van der Waals surface area contributed by atoms with Gasteiger partial charge in [-0.1, -0.05) is 65.7 Å². The predicted octanol–water partition coefficient (Wildman–Crippen LogP) is 7.20. The maximum atomic E-state index is 12.7. The predicted molar refractivity (Wildman–Crippen MR) is 125 cm³/mol. The summed E-state index contributed by atoms with van der Waals surface area (Å²) < 4.78 is 66.3. The number of hydrogen-bond acceptors (Lipinski definition) is 3. The molecule has 1 aromatic carbocycles. The molecule has 0 unspecified atom stereocenters. The van der Waals surface area contributed by atoms with Crippen molar-refractivity contribution in [2.75, 3.05) is 0 Å². The second-order valence-corrected chi connectivity index (χ2v) is 12.8. The zero-order valence-corrected chi connectivity index (χ0v) is 20.5. The maximum Gasteiger partial charge on any atom is 0.707 e. The van der Waals surface area contributed by atoms with E-state index in [1.807, 2.05) is 0 Å². The Morgan fingerprint density at radius 2 is 0.824 bits per heavy atom. The molecule has 4 rings (SSSR count). The molecule has 0 spiro atoms. The Morgan fingerprint density at radius 1 is 0.529 bits per heavy atom. The molecule has 0 aromatic heterocycles. The monoisotopic (exact) mass is 508 g/mol. The molecule has 0 atom stereocenters. The average molecular weight is 508 g/mol. The molecule has 0 bridgehead atoms. The zero-order chi connectivity index (χ0) is 24.7. The highest BCUT2D eigenvalue weighted by Gasteiger charge is 2.36. The number of hydrogen-bond donors (Lipinski definition) is 2. The van der Waals surface area contributed by atoms with E-state index in [9.17, 15) is 22.0 Å². The van der Waals surface area contributed by atoms with Crippen LogP contribution in [0.2, 0.25) is 0 Å².